The number of fused-ring (bicyclic) bond motifs is 1. The maximum atomic E-state index is 11.7. The Morgan fingerprint density at radius 1 is 0.750 bits per heavy atom. The summed E-state index contributed by atoms with van der Waals surface area (Å²) in [4.78, 5) is 46.2. The van der Waals surface area contributed by atoms with Gasteiger partial charge in [0.1, 0.15) is 0 Å². The van der Waals surface area contributed by atoms with E-state index in [2.05, 4.69) is 0 Å². The van der Waals surface area contributed by atoms with E-state index in [1.54, 1.807) is 18.2 Å². The lowest BCUT2D eigenvalue weighted by molar-refractivity contribution is -0.151. The molecule has 4 nitrogen and oxygen atoms in total. The summed E-state index contributed by atoms with van der Waals surface area (Å²) >= 11 is 0. The fraction of sp³-hybridized carbons (Fsp3) is 0.333. The van der Waals surface area contributed by atoms with Gasteiger partial charge >= 0.3 is 0 Å². The van der Waals surface area contributed by atoms with Crippen molar-refractivity contribution in [1.29, 1.82) is 0 Å². The number of hydrogen-bond donors (Lipinski definition) is 0. The lowest BCUT2D eigenvalue weighted by atomic mass is 9.58. The lowest BCUT2D eigenvalue weighted by Crippen LogP contribution is -2.53. The van der Waals surface area contributed by atoms with Crippen LogP contribution in [0.3, 0.4) is 0 Å². The van der Waals surface area contributed by atoms with Gasteiger partial charge in [-0.25, -0.2) is 0 Å². The van der Waals surface area contributed by atoms with Crippen LogP contribution in [0.4, 0.5) is 0 Å². The van der Waals surface area contributed by atoms with Crippen LogP contribution in [0.5, 0.6) is 0 Å². The van der Waals surface area contributed by atoms with Gasteiger partial charge in [0.2, 0.25) is 23.1 Å². The second-order valence-electron chi connectivity index (χ2n) is 4.36. The van der Waals surface area contributed by atoms with Crippen molar-refractivity contribution in [3.05, 3.63) is 24.3 Å². The molecule has 0 amide bonds. The largest absolute Gasteiger partial charge is 0.290 e. The van der Waals surface area contributed by atoms with Crippen molar-refractivity contribution < 1.29 is 19.2 Å². The van der Waals surface area contributed by atoms with E-state index in [0.717, 1.165) is 0 Å². The first-order chi connectivity index (χ1) is 7.61. The summed E-state index contributed by atoms with van der Waals surface area (Å²) in [5.74, 6) is -4.26. The second-order valence-corrected chi connectivity index (χ2v) is 4.36. The molecule has 4 heteroatoms. The van der Waals surface area contributed by atoms with E-state index in [9.17, 15) is 19.2 Å². The Bertz CT molecular complexity index is 497. The van der Waals surface area contributed by atoms with E-state index in [-0.39, 0.29) is 5.92 Å². The quantitative estimate of drug-likeness (QED) is 0.418. The monoisotopic (exact) mass is 216 g/mol. The van der Waals surface area contributed by atoms with E-state index >= 15 is 0 Å². The van der Waals surface area contributed by atoms with Gasteiger partial charge in [-0.1, -0.05) is 18.2 Å². The van der Waals surface area contributed by atoms with Crippen LogP contribution in [0.2, 0.25) is 0 Å². The Kier molecular flexibility index (Phi) is 1.67. The number of Topliss-reactive ketones (excluding diaryl/α,β-unsaturated/α-hetero) is 3. The van der Waals surface area contributed by atoms with Gasteiger partial charge < -0.3 is 0 Å². The third-order valence-electron chi connectivity index (χ3n) is 3.61. The van der Waals surface area contributed by atoms with Crippen molar-refractivity contribution in [2.75, 3.05) is 0 Å². The van der Waals surface area contributed by atoms with Crippen LogP contribution in [0.15, 0.2) is 24.3 Å². The normalized spacial score (nSPS) is 40.5. The van der Waals surface area contributed by atoms with Crippen LogP contribution in [0.25, 0.3) is 0 Å². The van der Waals surface area contributed by atoms with Gasteiger partial charge in [-0.2, -0.15) is 0 Å². The Morgan fingerprint density at radius 3 is 2.12 bits per heavy atom. The third kappa shape index (κ3) is 0.939. The van der Waals surface area contributed by atoms with Gasteiger partial charge in [-0.3, -0.25) is 19.2 Å². The maximum Gasteiger partial charge on any atom is 0.221 e. The highest BCUT2D eigenvalue weighted by atomic mass is 16.2. The summed E-state index contributed by atoms with van der Waals surface area (Å²) in [5.41, 5.74) is 0. The van der Waals surface area contributed by atoms with Gasteiger partial charge in [0.05, 0.1) is 11.8 Å². The number of rotatable bonds is 0. The Hall–Kier alpha value is -1.84. The molecule has 4 rings (SSSR count). The van der Waals surface area contributed by atoms with Gasteiger partial charge in [0, 0.05) is 11.8 Å². The fourth-order valence-electron chi connectivity index (χ4n) is 2.81. The van der Waals surface area contributed by atoms with E-state index < -0.39 is 40.9 Å². The SMILES string of the molecule is O=C1C=CC2C3C=CC(C(=O)C3=O)C2C1=O. The molecular formula is C12H8O4. The number of hydrogen-bond acceptors (Lipinski definition) is 4. The topological polar surface area (TPSA) is 68.3 Å². The number of carbonyl (C=O) groups is 4. The zero-order valence-corrected chi connectivity index (χ0v) is 8.25. The van der Waals surface area contributed by atoms with E-state index in [4.69, 9.17) is 0 Å². The molecular weight excluding hydrogens is 208 g/mol. The Morgan fingerprint density at radius 2 is 1.38 bits per heavy atom. The van der Waals surface area contributed by atoms with Gasteiger partial charge in [-0.15, -0.1) is 0 Å². The minimum Gasteiger partial charge on any atom is -0.290 e. The molecule has 1 fully saturated rings. The molecule has 1 saturated carbocycles. The Labute approximate surface area is 91.0 Å². The van der Waals surface area contributed by atoms with Crippen molar-refractivity contribution in [2.24, 2.45) is 23.7 Å². The summed E-state index contributed by atoms with van der Waals surface area (Å²) in [6.45, 7) is 0. The summed E-state index contributed by atoms with van der Waals surface area (Å²) < 4.78 is 0. The van der Waals surface area contributed by atoms with Crippen molar-refractivity contribution in [3.8, 4) is 0 Å². The van der Waals surface area contributed by atoms with Gasteiger partial charge in [0.25, 0.3) is 0 Å². The van der Waals surface area contributed by atoms with Gasteiger partial charge in [0.15, 0.2) is 0 Å². The predicted molar refractivity (Wildman–Crippen MR) is 52.3 cm³/mol. The highest BCUT2D eigenvalue weighted by molar-refractivity contribution is 6.47. The Balaban J connectivity index is 2.15. The highest BCUT2D eigenvalue weighted by Gasteiger charge is 2.54. The molecule has 0 radical (unpaired) electrons. The average molecular weight is 216 g/mol. The minimum absolute atomic E-state index is 0.301. The number of allylic oxidation sites excluding steroid dienone is 4. The molecule has 4 unspecified atom stereocenters. The molecule has 0 aromatic carbocycles. The third-order valence-corrected chi connectivity index (χ3v) is 3.61. The van der Waals surface area contributed by atoms with Crippen molar-refractivity contribution in [3.63, 3.8) is 0 Å². The average Bonchev–Trinajstić information content (AvgIpc) is 2.29. The molecule has 0 aromatic heterocycles. The van der Waals surface area contributed by atoms with Crippen LogP contribution >= 0.6 is 0 Å². The lowest BCUT2D eigenvalue weighted by Gasteiger charge is -2.41. The summed E-state index contributed by atoms with van der Waals surface area (Å²) in [6, 6.07) is 0. The van der Waals surface area contributed by atoms with Crippen molar-refractivity contribution >= 4 is 23.1 Å². The molecule has 80 valence electrons. The standard InChI is InChI=1S/C12H8O4/c13-8-4-3-5-6-1-2-7(9(5)12(8)16)11(15)10(6)14/h1-7,9H. The minimum atomic E-state index is -0.719. The molecule has 0 saturated heterocycles. The zero-order chi connectivity index (χ0) is 11.4. The number of carbonyl (C=O) groups excluding carboxylic acids is 4. The molecule has 4 atom stereocenters. The first kappa shape index (κ1) is 9.39. The molecule has 4 aliphatic carbocycles. The maximum absolute atomic E-state index is 11.7. The molecule has 0 aliphatic heterocycles. The number of ketones is 4. The molecule has 2 bridgehead atoms. The zero-order valence-electron chi connectivity index (χ0n) is 8.25. The molecule has 16 heavy (non-hydrogen) atoms. The van der Waals surface area contributed by atoms with Crippen LogP contribution < -0.4 is 0 Å². The van der Waals surface area contributed by atoms with E-state index in [0.29, 0.717) is 0 Å². The van der Waals surface area contributed by atoms with Crippen LogP contribution in [0, 0.1) is 23.7 Å². The fourth-order valence-corrected chi connectivity index (χ4v) is 2.81. The smallest absolute Gasteiger partial charge is 0.221 e. The van der Waals surface area contributed by atoms with E-state index in [1.807, 2.05) is 0 Å². The molecule has 4 aliphatic rings. The molecule has 0 aromatic rings. The molecule has 0 N–H and O–H groups in total. The summed E-state index contributed by atoms with van der Waals surface area (Å²) in [7, 11) is 0. The van der Waals surface area contributed by atoms with Crippen LogP contribution in [-0.4, -0.2) is 23.1 Å². The van der Waals surface area contributed by atoms with Crippen molar-refractivity contribution in [2.45, 2.75) is 0 Å². The first-order valence-electron chi connectivity index (χ1n) is 5.14. The van der Waals surface area contributed by atoms with E-state index in [1.165, 1.54) is 6.08 Å². The summed E-state index contributed by atoms with van der Waals surface area (Å²) in [6.07, 6.45) is 6.10. The van der Waals surface area contributed by atoms with Gasteiger partial charge in [-0.05, 0) is 6.08 Å². The van der Waals surface area contributed by atoms with Crippen LogP contribution in [-0.2, 0) is 19.2 Å². The predicted octanol–water partition coefficient (Wildman–Crippen LogP) is -0.119. The van der Waals surface area contributed by atoms with Crippen molar-refractivity contribution in [1.82, 2.24) is 0 Å². The summed E-state index contributed by atoms with van der Waals surface area (Å²) in [5, 5.41) is 0. The molecule has 0 spiro atoms. The first-order valence-corrected chi connectivity index (χ1v) is 5.14. The second kappa shape index (κ2) is 2.84. The van der Waals surface area contributed by atoms with Crippen LogP contribution in [0.1, 0.15) is 0 Å². The molecule has 0 heterocycles. The highest BCUT2D eigenvalue weighted by Crippen LogP contribution is 2.43.